The lowest BCUT2D eigenvalue weighted by Gasteiger charge is -2.00. The number of fused-ring (bicyclic) bond motifs is 1. The van der Waals surface area contributed by atoms with Gasteiger partial charge < -0.3 is 4.42 Å². The standard InChI is InChI=1S/C13H7FN4O2/c14-9-2-1-3-10-13(9)17-11(20-10)6-18-7-16-8(5-15)4-12(18)19/h1-4,7H,6H2. The molecule has 98 valence electrons. The average Bonchev–Trinajstić information content (AvgIpc) is 2.85. The van der Waals surface area contributed by atoms with Crippen molar-refractivity contribution in [2.45, 2.75) is 6.54 Å². The number of hydrogen-bond acceptors (Lipinski definition) is 5. The van der Waals surface area contributed by atoms with E-state index in [4.69, 9.17) is 9.68 Å². The third-order valence-corrected chi connectivity index (χ3v) is 2.71. The van der Waals surface area contributed by atoms with E-state index in [9.17, 15) is 9.18 Å². The SMILES string of the molecule is N#Cc1cc(=O)n(Cc2nc3c(F)cccc3o2)cn1. The maximum absolute atomic E-state index is 13.5. The lowest BCUT2D eigenvalue weighted by molar-refractivity contribution is 0.501. The van der Waals surface area contributed by atoms with Gasteiger partial charge in [0, 0.05) is 6.07 Å². The Labute approximate surface area is 111 Å². The number of benzene rings is 1. The highest BCUT2D eigenvalue weighted by Crippen LogP contribution is 2.18. The zero-order valence-corrected chi connectivity index (χ0v) is 10.1. The van der Waals surface area contributed by atoms with Crippen molar-refractivity contribution in [1.82, 2.24) is 14.5 Å². The minimum atomic E-state index is -0.484. The van der Waals surface area contributed by atoms with E-state index in [0.717, 1.165) is 6.07 Å². The highest BCUT2D eigenvalue weighted by molar-refractivity contribution is 5.72. The zero-order chi connectivity index (χ0) is 14.1. The van der Waals surface area contributed by atoms with Gasteiger partial charge in [0.2, 0.25) is 5.89 Å². The van der Waals surface area contributed by atoms with Crippen LogP contribution in [0.15, 0.2) is 39.8 Å². The largest absolute Gasteiger partial charge is 0.439 e. The third-order valence-electron chi connectivity index (χ3n) is 2.71. The summed E-state index contributed by atoms with van der Waals surface area (Å²) in [6.45, 7) is 0.0195. The Balaban J connectivity index is 2.00. The molecule has 0 amide bonds. The molecule has 6 nitrogen and oxygen atoms in total. The molecule has 0 N–H and O–H groups in total. The van der Waals surface area contributed by atoms with E-state index in [-0.39, 0.29) is 23.6 Å². The van der Waals surface area contributed by atoms with Crippen molar-refractivity contribution in [3.8, 4) is 6.07 Å². The predicted octanol–water partition coefficient (Wildman–Crippen LogP) is 1.44. The van der Waals surface area contributed by atoms with Crippen molar-refractivity contribution >= 4 is 11.1 Å². The lowest BCUT2D eigenvalue weighted by Crippen LogP contribution is -2.20. The maximum atomic E-state index is 13.5. The molecule has 0 saturated carbocycles. The van der Waals surface area contributed by atoms with Crippen molar-refractivity contribution in [3.63, 3.8) is 0 Å². The van der Waals surface area contributed by atoms with Crippen LogP contribution in [0.1, 0.15) is 11.6 Å². The van der Waals surface area contributed by atoms with Gasteiger partial charge in [0.25, 0.3) is 5.56 Å². The van der Waals surface area contributed by atoms with E-state index in [0.29, 0.717) is 5.58 Å². The Morgan fingerprint density at radius 1 is 1.45 bits per heavy atom. The van der Waals surface area contributed by atoms with E-state index in [1.165, 1.54) is 23.0 Å². The molecule has 0 aliphatic rings. The summed E-state index contributed by atoms with van der Waals surface area (Å²) < 4.78 is 20.1. The monoisotopic (exact) mass is 270 g/mol. The lowest BCUT2D eigenvalue weighted by atomic mass is 10.3. The molecule has 0 bridgehead atoms. The summed E-state index contributed by atoms with van der Waals surface area (Å²) in [6, 6.07) is 7.28. The number of aromatic nitrogens is 3. The van der Waals surface area contributed by atoms with E-state index in [2.05, 4.69) is 9.97 Å². The van der Waals surface area contributed by atoms with Gasteiger partial charge in [-0.3, -0.25) is 9.36 Å². The van der Waals surface area contributed by atoms with E-state index in [1.807, 2.05) is 0 Å². The van der Waals surface area contributed by atoms with Gasteiger partial charge in [0.1, 0.15) is 23.8 Å². The molecule has 0 atom stereocenters. The molecular formula is C13H7FN4O2. The summed E-state index contributed by atoms with van der Waals surface area (Å²) >= 11 is 0. The highest BCUT2D eigenvalue weighted by atomic mass is 19.1. The van der Waals surface area contributed by atoms with Gasteiger partial charge in [0.15, 0.2) is 11.4 Å². The fourth-order valence-corrected chi connectivity index (χ4v) is 1.78. The fourth-order valence-electron chi connectivity index (χ4n) is 1.78. The molecule has 2 heterocycles. The second-order valence-corrected chi connectivity index (χ2v) is 4.05. The second kappa shape index (κ2) is 4.59. The number of oxazole rings is 1. The molecule has 0 spiro atoms. The third kappa shape index (κ3) is 2.03. The quantitative estimate of drug-likeness (QED) is 0.703. The van der Waals surface area contributed by atoms with Gasteiger partial charge in [-0.05, 0) is 12.1 Å². The number of halogens is 1. The number of rotatable bonds is 2. The van der Waals surface area contributed by atoms with Crippen LogP contribution in [0.2, 0.25) is 0 Å². The molecule has 0 aliphatic heterocycles. The van der Waals surface area contributed by atoms with Crippen LogP contribution in [-0.2, 0) is 6.54 Å². The first kappa shape index (κ1) is 12.0. The van der Waals surface area contributed by atoms with Gasteiger partial charge in [-0.15, -0.1) is 0 Å². The normalized spacial score (nSPS) is 10.6. The number of nitriles is 1. The van der Waals surface area contributed by atoms with Gasteiger partial charge in [-0.2, -0.15) is 5.26 Å². The first-order valence-electron chi connectivity index (χ1n) is 5.68. The average molecular weight is 270 g/mol. The van der Waals surface area contributed by atoms with E-state index in [1.54, 1.807) is 12.1 Å². The summed E-state index contributed by atoms with van der Waals surface area (Å²) in [6.07, 6.45) is 1.23. The van der Waals surface area contributed by atoms with Crippen molar-refractivity contribution in [1.29, 1.82) is 5.26 Å². The van der Waals surface area contributed by atoms with Crippen LogP contribution in [0.4, 0.5) is 4.39 Å². The maximum Gasteiger partial charge on any atom is 0.255 e. The fraction of sp³-hybridized carbons (Fsp3) is 0.0769. The van der Waals surface area contributed by atoms with Crippen LogP contribution in [0.5, 0.6) is 0 Å². The number of para-hydroxylation sites is 1. The number of hydrogen-bond donors (Lipinski definition) is 0. The molecule has 3 aromatic rings. The van der Waals surface area contributed by atoms with E-state index >= 15 is 0 Å². The Morgan fingerprint density at radius 3 is 3.00 bits per heavy atom. The number of nitrogens with zero attached hydrogens (tertiary/aromatic N) is 4. The molecule has 20 heavy (non-hydrogen) atoms. The van der Waals surface area contributed by atoms with Gasteiger partial charge in [-0.25, -0.2) is 14.4 Å². The van der Waals surface area contributed by atoms with Crippen molar-refractivity contribution in [3.05, 3.63) is 58.3 Å². The Hall–Kier alpha value is -3.01. The molecular weight excluding hydrogens is 263 g/mol. The summed E-state index contributed by atoms with van der Waals surface area (Å²) in [4.78, 5) is 19.5. The van der Waals surface area contributed by atoms with Crippen molar-refractivity contribution in [2.24, 2.45) is 0 Å². The second-order valence-electron chi connectivity index (χ2n) is 4.05. The summed E-state index contributed by atoms with van der Waals surface area (Å²) in [5.41, 5.74) is 0.0703. The van der Waals surface area contributed by atoms with Crippen molar-refractivity contribution in [2.75, 3.05) is 0 Å². The molecule has 0 saturated heterocycles. The highest BCUT2D eigenvalue weighted by Gasteiger charge is 2.10. The molecule has 0 fully saturated rings. The van der Waals surface area contributed by atoms with Gasteiger partial charge in [-0.1, -0.05) is 6.07 Å². The molecule has 2 aromatic heterocycles. The van der Waals surface area contributed by atoms with Crippen LogP contribution >= 0.6 is 0 Å². The predicted molar refractivity (Wildman–Crippen MR) is 66.3 cm³/mol. The minimum absolute atomic E-state index is 0.0195. The van der Waals surface area contributed by atoms with Crippen molar-refractivity contribution < 1.29 is 8.81 Å². The minimum Gasteiger partial charge on any atom is -0.439 e. The van der Waals surface area contributed by atoms with Crippen LogP contribution < -0.4 is 5.56 Å². The summed E-state index contributed by atoms with van der Waals surface area (Å²) in [5.74, 6) is -0.290. The Kier molecular flexibility index (Phi) is 2.76. The smallest absolute Gasteiger partial charge is 0.255 e. The van der Waals surface area contributed by atoms with Crippen LogP contribution in [-0.4, -0.2) is 14.5 Å². The first-order valence-corrected chi connectivity index (χ1v) is 5.68. The Bertz CT molecular complexity index is 891. The van der Waals surface area contributed by atoms with Gasteiger partial charge >= 0.3 is 0 Å². The van der Waals surface area contributed by atoms with E-state index < -0.39 is 11.4 Å². The molecule has 0 radical (unpaired) electrons. The van der Waals surface area contributed by atoms with Gasteiger partial charge in [0.05, 0.1) is 6.33 Å². The molecule has 1 aromatic carbocycles. The molecule has 7 heteroatoms. The summed E-state index contributed by atoms with van der Waals surface area (Å²) in [5, 5.41) is 8.64. The zero-order valence-electron chi connectivity index (χ0n) is 10.1. The van der Waals surface area contributed by atoms with Crippen LogP contribution in [0, 0.1) is 17.1 Å². The molecule has 0 unspecified atom stereocenters. The topological polar surface area (TPSA) is 84.7 Å². The Morgan fingerprint density at radius 2 is 2.30 bits per heavy atom. The molecule has 3 rings (SSSR count). The first-order chi connectivity index (χ1) is 9.67. The van der Waals surface area contributed by atoms with Crippen LogP contribution in [0.25, 0.3) is 11.1 Å². The van der Waals surface area contributed by atoms with Crippen LogP contribution in [0.3, 0.4) is 0 Å². The molecule has 0 aliphatic carbocycles. The summed E-state index contributed by atoms with van der Waals surface area (Å²) in [7, 11) is 0.